The molecule has 0 atom stereocenters. The first-order valence-corrected chi connectivity index (χ1v) is 7.64. The van der Waals surface area contributed by atoms with Crippen LogP contribution in [0, 0.1) is 0 Å². The fourth-order valence-electron chi connectivity index (χ4n) is 2.51. The lowest BCUT2D eigenvalue weighted by atomic mass is 10.1. The Morgan fingerprint density at radius 3 is 2.48 bits per heavy atom. The van der Waals surface area contributed by atoms with Gasteiger partial charge >= 0.3 is 0 Å². The molecule has 0 aliphatic rings. The van der Waals surface area contributed by atoms with Gasteiger partial charge in [-0.05, 0) is 24.3 Å². The third-order valence-electron chi connectivity index (χ3n) is 3.77. The van der Waals surface area contributed by atoms with Gasteiger partial charge in [-0.15, -0.1) is 0 Å². The molecule has 4 N–H and O–H groups in total. The number of hydrogen-bond acceptors (Lipinski definition) is 5. The molecule has 0 saturated heterocycles. The average molecular weight is 330 g/mol. The minimum Gasteiger partial charge on any atom is -0.366 e. The molecule has 0 saturated carbocycles. The third-order valence-corrected chi connectivity index (χ3v) is 3.77. The molecule has 0 spiro atoms. The lowest BCUT2D eigenvalue weighted by molar-refractivity contribution is 0.100. The Balaban J connectivity index is 1.72. The number of benzene rings is 2. The van der Waals surface area contributed by atoms with E-state index >= 15 is 0 Å². The van der Waals surface area contributed by atoms with Crippen LogP contribution in [0.1, 0.15) is 10.4 Å². The largest absolute Gasteiger partial charge is 0.366 e. The summed E-state index contributed by atoms with van der Waals surface area (Å²) in [6.07, 6.45) is 1.47. The number of nitrogens with zero attached hydrogens (tertiary/aromatic N) is 3. The van der Waals surface area contributed by atoms with Gasteiger partial charge in [0, 0.05) is 16.8 Å². The van der Waals surface area contributed by atoms with Crippen molar-refractivity contribution >= 4 is 28.6 Å². The normalized spacial score (nSPS) is 10.7. The maximum absolute atomic E-state index is 11.2. The fourth-order valence-corrected chi connectivity index (χ4v) is 2.51. The maximum atomic E-state index is 11.2. The number of para-hydroxylation sites is 1. The van der Waals surface area contributed by atoms with E-state index in [1.807, 2.05) is 30.3 Å². The third kappa shape index (κ3) is 2.90. The molecule has 2 aromatic carbocycles. The van der Waals surface area contributed by atoms with Gasteiger partial charge in [-0.1, -0.05) is 30.3 Å². The molecule has 0 radical (unpaired) electrons. The summed E-state index contributed by atoms with van der Waals surface area (Å²) in [5.41, 5.74) is 8.73. The summed E-state index contributed by atoms with van der Waals surface area (Å²) in [6.45, 7) is 0. The number of nitrogens with two attached hydrogens (primary N) is 1. The summed E-state index contributed by atoms with van der Waals surface area (Å²) in [6, 6.07) is 16.6. The van der Waals surface area contributed by atoms with E-state index in [4.69, 9.17) is 5.73 Å². The maximum Gasteiger partial charge on any atom is 0.248 e. The van der Waals surface area contributed by atoms with E-state index < -0.39 is 5.91 Å². The van der Waals surface area contributed by atoms with Crippen LogP contribution in [0.25, 0.3) is 22.6 Å². The highest BCUT2D eigenvalue weighted by Crippen LogP contribution is 2.25. The van der Waals surface area contributed by atoms with Crippen molar-refractivity contribution in [2.45, 2.75) is 0 Å². The summed E-state index contributed by atoms with van der Waals surface area (Å²) >= 11 is 0. The summed E-state index contributed by atoms with van der Waals surface area (Å²) in [5, 5.41) is 3.25. The number of carbonyl (C=O) groups is 1. The molecule has 7 nitrogen and oxygen atoms in total. The van der Waals surface area contributed by atoms with Crippen LogP contribution < -0.4 is 11.1 Å². The van der Waals surface area contributed by atoms with Crippen LogP contribution in [0.15, 0.2) is 60.9 Å². The number of amides is 1. The van der Waals surface area contributed by atoms with E-state index in [9.17, 15) is 4.79 Å². The van der Waals surface area contributed by atoms with Crippen molar-refractivity contribution in [3.05, 3.63) is 66.5 Å². The standard InChI is InChI=1S/C18H14N6O/c19-15(25)11-6-8-12(9-7-11)16-23-14-17(20-10-21-18(14)24-16)22-13-4-2-1-3-5-13/h1-10H,(H2,19,25)(H2,20,21,22,23,24). The molecule has 122 valence electrons. The highest BCUT2D eigenvalue weighted by Gasteiger charge is 2.11. The lowest BCUT2D eigenvalue weighted by Gasteiger charge is -2.05. The summed E-state index contributed by atoms with van der Waals surface area (Å²) in [7, 11) is 0. The van der Waals surface area contributed by atoms with Gasteiger partial charge in [-0.3, -0.25) is 4.79 Å². The van der Waals surface area contributed by atoms with Gasteiger partial charge in [-0.25, -0.2) is 15.0 Å². The Labute approximate surface area is 143 Å². The highest BCUT2D eigenvalue weighted by atomic mass is 16.1. The van der Waals surface area contributed by atoms with Gasteiger partial charge < -0.3 is 16.0 Å². The van der Waals surface area contributed by atoms with Crippen molar-refractivity contribution in [3.63, 3.8) is 0 Å². The van der Waals surface area contributed by atoms with Crippen molar-refractivity contribution in [2.75, 3.05) is 5.32 Å². The number of hydrogen-bond donors (Lipinski definition) is 3. The lowest BCUT2D eigenvalue weighted by Crippen LogP contribution is -2.10. The predicted octanol–water partition coefficient (Wildman–Crippen LogP) is 2.86. The van der Waals surface area contributed by atoms with E-state index in [1.54, 1.807) is 24.3 Å². The minimum atomic E-state index is -0.462. The van der Waals surface area contributed by atoms with Crippen LogP contribution >= 0.6 is 0 Å². The molecule has 7 heteroatoms. The number of aromatic amines is 1. The SMILES string of the molecule is NC(=O)c1ccc(-c2nc3ncnc(Nc4ccccc4)c3[nH]2)cc1. The number of carbonyl (C=O) groups excluding carboxylic acids is 1. The van der Waals surface area contributed by atoms with Gasteiger partial charge in [0.15, 0.2) is 11.5 Å². The molecule has 0 bridgehead atoms. The second-order valence-corrected chi connectivity index (χ2v) is 5.44. The first-order chi connectivity index (χ1) is 12.2. The summed E-state index contributed by atoms with van der Waals surface area (Å²) in [4.78, 5) is 27.4. The average Bonchev–Trinajstić information content (AvgIpc) is 3.08. The Morgan fingerprint density at radius 1 is 1.00 bits per heavy atom. The number of nitrogens with one attached hydrogen (secondary N) is 2. The van der Waals surface area contributed by atoms with Crippen molar-refractivity contribution in [3.8, 4) is 11.4 Å². The van der Waals surface area contributed by atoms with Crippen LogP contribution in [0.4, 0.5) is 11.5 Å². The Bertz CT molecular complexity index is 1040. The van der Waals surface area contributed by atoms with Crippen LogP contribution in [-0.2, 0) is 0 Å². The van der Waals surface area contributed by atoms with Gasteiger partial charge in [0.2, 0.25) is 5.91 Å². The molecule has 2 heterocycles. The molecule has 0 fully saturated rings. The van der Waals surface area contributed by atoms with E-state index in [0.717, 1.165) is 11.3 Å². The molecule has 0 unspecified atom stereocenters. The minimum absolute atomic E-state index is 0.450. The summed E-state index contributed by atoms with van der Waals surface area (Å²) < 4.78 is 0. The first-order valence-electron chi connectivity index (χ1n) is 7.64. The Hall–Kier alpha value is -3.74. The number of anilines is 2. The van der Waals surface area contributed by atoms with Gasteiger partial charge in [0.05, 0.1) is 0 Å². The number of imidazole rings is 1. The van der Waals surface area contributed by atoms with E-state index in [0.29, 0.717) is 28.4 Å². The number of primary amides is 1. The van der Waals surface area contributed by atoms with E-state index in [-0.39, 0.29) is 0 Å². The second kappa shape index (κ2) is 6.04. The van der Waals surface area contributed by atoms with Crippen LogP contribution in [0.5, 0.6) is 0 Å². The Kier molecular flexibility index (Phi) is 3.59. The molecule has 2 aromatic heterocycles. The van der Waals surface area contributed by atoms with Crippen molar-refractivity contribution in [2.24, 2.45) is 5.73 Å². The van der Waals surface area contributed by atoms with Crippen LogP contribution in [-0.4, -0.2) is 25.8 Å². The molecule has 0 aliphatic heterocycles. The second-order valence-electron chi connectivity index (χ2n) is 5.44. The number of fused-ring (bicyclic) bond motifs is 1. The fraction of sp³-hybridized carbons (Fsp3) is 0. The number of aromatic nitrogens is 4. The van der Waals surface area contributed by atoms with Gasteiger partial charge in [0.1, 0.15) is 17.7 Å². The molecule has 25 heavy (non-hydrogen) atoms. The zero-order valence-electron chi connectivity index (χ0n) is 13.1. The molecular formula is C18H14N6O. The number of rotatable bonds is 4. The smallest absolute Gasteiger partial charge is 0.248 e. The monoisotopic (exact) mass is 330 g/mol. The van der Waals surface area contributed by atoms with Crippen LogP contribution in [0.2, 0.25) is 0 Å². The highest BCUT2D eigenvalue weighted by molar-refractivity contribution is 5.93. The molecular weight excluding hydrogens is 316 g/mol. The number of H-pyrrole nitrogens is 1. The molecule has 4 rings (SSSR count). The quantitative estimate of drug-likeness (QED) is 0.533. The van der Waals surface area contributed by atoms with E-state index in [2.05, 4.69) is 25.3 Å². The van der Waals surface area contributed by atoms with E-state index in [1.165, 1.54) is 6.33 Å². The molecule has 0 aliphatic carbocycles. The Morgan fingerprint density at radius 2 is 1.76 bits per heavy atom. The topological polar surface area (TPSA) is 110 Å². The van der Waals surface area contributed by atoms with Crippen molar-refractivity contribution < 1.29 is 4.79 Å². The first kappa shape index (κ1) is 14.8. The van der Waals surface area contributed by atoms with Gasteiger partial charge in [-0.2, -0.15) is 0 Å². The molecule has 1 amide bonds. The zero-order chi connectivity index (χ0) is 17.2. The molecule has 4 aromatic rings. The van der Waals surface area contributed by atoms with Crippen molar-refractivity contribution in [1.29, 1.82) is 0 Å². The summed E-state index contributed by atoms with van der Waals surface area (Å²) in [5.74, 6) is 0.822. The predicted molar refractivity (Wildman–Crippen MR) is 95.4 cm³/mol. The van der Waals surface area contributed by atoms with Gasteiger partial charge in [0.25, 0.3) is 0 Å². The zero-order valence-corrected chi connectivity index (χ0v) is 13.1. The van der Waals surface area contributed by atoms with Crippen molar-refractivity contribution in [1.82, 2.24) is 19.9 Å². The van der Waals surface area contributed by atoms with Crippen LogP contribution in [0.3, 0.4) is 0 Å².